The van der Waals surface area contributed by atoms with Crippen molar-refractivity contribution in [2.45, 2.75) is 62.6 Å². The Bertz CT molecular complexity index is 1290. The van der Waals surface area contributed by atoms with Gasteiger partial charge in [0.2, 0.25) is 0 Å². The molecule has 36 heavy (non-hydrogen) atoms. The van der Waals surface area contributed by atoms with Gasteiger partial charge < -0.3 is 0 Å². The van der Waals surface area contributed by atoms with Crippen LogP contribution in [0.2, 0.25) is 0 Å². The van der Waals surface area contributed by atoms with Crippen LogP contribution in [0.15, 0.2) is 71.6 Å². The maximum Gasteiger partial charge on any atom is 0.419 e. The first kappa shape index (κ1) is 26.4. The lowest BCUT2D eigenvalue weighted by Gasteiger charge is -2.32. The van der Waals surface area contributed by atoms with Crippen molar-refractivity contribution in [1.29, 1.82) is 0 Å². The number of halogens is 4. The SMILES string of the molecule is Cc1ccc(S(=O)(=O)OC(C)[C@H]2CC[C@H](c3ccc(-c4ccc(C(F)(F)F)c(F)c4)cc3)CC2)cc1. The summed E-state index contributed by atoms with van der Waals surface area (Å²) in [6, 6.07) is 17.0. The molecule has 1 unspecified atom stereocenters. The number of alkyl halides is 3. The molecule has 1 atom stereocenters. The number of aryl methyl sites for hydroxylation is 1. The highest BCUT2D eigenvalue weighted by molar-refractivity contribution is 7.86. The van der Waals surface area contributed by atoms with Gasteiger partial charge in [-0.1, -0.05) is 48.0 Å². The zero-order chi connectivity index (χ0) is 26.1. The van der Waals surface area contributed by atoms with Crippen molar-refractivity contribution in [3.8, 4) is 11.1 Å². The lowest BCUT2D eigenvalue weighted by Crippen LogP contribution is -2.27. The van der Waals surface area contributed by atoms with Crippen molar-refractivity contribution in [3.63, 3.8) is 0 Å². The molecule has 0 amide bonds. The Hall–Kier alpha value is -2.71. The van der Waals surface area contributed by atoms with Gasteiger partial charge in [0.25, 0.3) is 10.1 Å². The molecule has 0 saturated heterocycles. The average Bonchev–Trinajstić information content (AvgIpc) is 2.83. The third-order valence-corrected chi connectivity index (χ3v) is 8.42. The number of benzene rings is 3. The fraction of sp³-hybridized carbons (Fsp3) is 0.357. The molecule has 3 aromatic carbocycles. The Balaban J connectivity index is 1.36. The summed E-state index contributed by atoms with van der Waals surface area (Å²) in [5.41, 5.74) is 1.83. The molecule has 1 aliphatic rings. The van der Waals surface area contributed by atoms with Crippen LogP contribution in [-0.2, 0) is 20.5 Å². The van der Waals surface area contributed by atoms with Gasteiger partial charge >= 0.3 is 6.18 Å². The Morgan fingerprint density at radius 2 is 1.44 bits per heavy atom. The van der Waals surface area contributed by atoms with Gasteiger partial charge in [0.15, 0.2) is 0 Å². The van der Waals surface area contributed by atoms with Gasteiger partial charge in [0.05, 0.1) is 16.6 Å². The van der Waals surface area contributed by atoms with Gasteiger partial charge in [0.1, 0.15) is 5.82 Å². The molecule has 0 heterocycles. The number of hydrogen-bond acceptors (Lipinski definition) is 3. The van der Waals surface area contributed by atoms with Crippen LogP contribution in [0.25, 0.3) is 11.1 Å². The van der Waals surface area contributed by atoms with Crippen molar-refractivity contribution >= 4 is 10.1 Å². The molecule has 3 aromatic rings. The second kappa shape index (κ2) is 10.3. The van der Waals surface area contributed by atoms with Crippen LogP contribution < -0.4 is 0 Å². The molecule has 0 radical (unpaired) electrons. The minimum absolute atomic E-state index is 0.121. The smallest absolute Gasteiger partial charge is 0.263 e. The van der Waals surface area contributed by atoms with E-state index >= 15 is 0 Å². The Morgan fingerprint density at radius 1 is 0.861 bits per heavy atom. The summed E-state index contributed by atoms with van der Waals surface area (Å²) in [7, 11) is -3.83. The first-order valence-corrected chi connectivity index (χ1v) is 13.3. The molecule has 8 heteroatoms. The van der Waals surface area contributed by atoms with E-state index in [2.05, 4.69) is 0 Å². The molecule has 0 bridgehead atoms. The van der Waals surface area contributed by atoms with Gasteiger partial charge in [-0.15, -0.1) is 0 Å². The van der Waals surface area contributed by atoms with Crippen molar-refractivity contribution in [3.05, 3.63) is 89.2 Å². The van der Waals surface area contributed by atoms with E-state index in [1.54, 1.807) is 43.3 Å². The molecule has 0 spiro atoms. The molecule has 0 aliphatic heterocycles. The molecular formula is C28H28F4O3S. The minimum Gasteiger partial charge on any atom is -0.263 e. The van der Waals surface area contributed by atoms with Crippen LogP contribution in [0.3, 0.4) is 0 Å². The van der Waals surface area contributed by atoms with Gasteiger partial charge in [-0.3, -0.25) is 4.18 Å². The van der Waals surface area contributed by atoms with Gasteiger partial charge in [-0.25, -0.2) is 4.39 Å². The molecule has 1 aliphatic carbocycles. The van der Waals surface area contributed by atoms with Crippen molar-refractivity contribution in [2.24, 2.45) is 5.92 Å². The second-order valence-electron chi connectivity index (χ2n) is 9.49. The zero-order valence-corrected chi connectivity index (χ0v) is 20.9. The van der Waals surface area contributed by atoms with Crippen molar-refractivity contribution in [2.75, 3.05) is 0 Å². The third-order valence-electron chi connectivity index (χ3n) is 7.01. The highest BCUT2D eigenvalue weighted by Crippen LogP contribution is 2.39. The minimum atomic E-state index is -4.72. The van der Waals surface area contributed by atoms with Crippen LogP contribution >= 0.6 is 0 Å². The molecular weight excluding hydrogens is 492 g/mol. The monoisotopic (exact) mass is 520 g/mol. The summed E-state index contributed by atoms with van der Waals surface area (Å²) in [5.74, 6) is -0.875. The molecule has 0 N–H and O–H groups in total. The van der Waals surface area contributed by atoms with Gasteiger partial charge in [-0.2, -0.15) is 21.6 Å². The van der Waals surface area contributed by atoms with E-state index in [9.17, 15) is 26.0 Å². The summed E-state index contributed by atoms with van der Waals surface area (Å²) in [5, 5.41) is 0. The summed E-state index contributed by atoms with van der Waals surface area (Å²) in [6.45, 7) is 3.69. The van der Waals surface area contributed by atoms with Crippen LogP contribution in [-0.4, -0.2) is 14.5 Å². The molecule has 0 aromatic heterocycles. The number of rotatable bonds is 6. The van der Waals surface area contributed by atoms with E-state index < -0.39 is 33.8 Å². The van der Waals surface area contributed by atoms with Crippen molar-refractivity contribution in [1.82, 2.24) is 0 Å². The van der Waals surface area contributed by atoms with E-state index in [4.69, 9.17) is 4.18 Å². The maximum atomic E-state index is 14.0. The summed E-state index contributed by atoms with van der Waals surface area (Å²) in [4.78, 5) is 0.154. The Morgan fingerprint density at radius 3 is 2.00 bits per heavy atom. The fourth-order valence-corrected chi connectivity index (χ4v) is 5.97. The fourth-order valence-electron chi connectivity index (χ4n) is 4.83. The number of hydrogen-bond donors (Lipinski definition) is 0. The summed E-state index contributed by atoms with van der Waals surface area (Å²) >= 11 is 0. The molecule has 1 fully saturated rings. The quantitative estimate of drug-likeness (QED) is 0.245. The lowest BCUT2D eigenvalue weighted by molar-refractivity contribution is -0.139. The summed E-state index contributed by atoms with van der Waals surface area (Å²) < 4.78 is 83.1. The average molecular weight is 521 g/mol. The standard InChI is InChI=1S/C28H28F4O3S/c1-18-3-14-25(15-4-18)36(33,34)35-19(2)20-5-7-21(8-6-20)22-9-11-23(12-10-22)24-13-16-26(27(29)17-24)28(30,31)32/h3-4,9-17,19-21H,5-8H2,1-2H3/t19?,20-,21-. The van der Waals surface area contributed by atoms with Gasteiger partial charge in [0, 0.05) is 0 Å². The normalized spacial score (nSPS) is 19.7. The molecule has 3 nitrogen and oxygen atoms in total. The molecule has 4 rings (SSSR count). The maximum absolute atomic E-state index is 14.0. The predicted molar refractivity (Wildman–Crippen MR) is 130 cm³/mol. The van der Waals surface area contributed by atoms with E-state index in [-0.39, 0.29) is 10.8 Å². The predicted octanol–water partition coefficient (Wildman–Crippen LogP) is 7.89. The first-order valence-electron chi connectivity index (χ1n) is 11.9. The zero-order valence-electron chi connectivity index (χ0n) is 20.1. The highest BCUT2D eigenvalue weighted by atomic mass is 32.2. The van der Waals surface area contributed by atoms with Crippen molar-refractivity contribution < 1.29 is 30.2 Å². The van der Waals surface area contributed by atoms with E-state index in [1.165, 1.54) is 6.07 Å². The lowest BCUT2D eigenvalue weighted by atomic mass is 9.77. The molecule has 1 saturated carbocycles. The second-order valence-corrected chi connectivity index (χ2v) is 11.1. The van der Waals surface area contributed by atoms with Crippen LogP contribution in [0.5, 0.6) is 0 Å². The topological polar surface area (TPSA) is 43.4 Å². The Labute approximate surface area is 209 Å². The Kier molecular flexibility index (Phi) is 7.57. The van der Waals surface area contributed by atoms with Crippen LogP contribution in [0.1, 0.15) is 55.2 Å². The van der Waals surface area contributed by atoms with E-state index in [0.29, 0.717) is 17.0 Å². The summed E-state index contributed by atoms with van der Waals surface area (Å²) in [6.07, 6.45) is -1.77. The van der Waals surface area contributed by atoms with Crippen LogP contribution in [0, 0.1) is 18.7 Å². The third kappa shape index (κ3) is 5.98. The molecule has 192 valence electrons. The van der Waals surface area contributed by atoms with Gasteiger partial charge in [-0.05, 0) is 92.3 Å². The first-order chi connectivity index (χ1) is 16.9. The van der Waals surface area contributed by atoms with E-state index in [1.807, 2.05) is 19.1 Å². The largest absolute Gasteiger partial charge is 0.419 e. The van der Waals surface area contributed by atoms with E-state index in [0.717, 1.165) is 48.9 Å². The van der Waals surface area contributed by atoms with Crippen LogP contribution in [0.4, 0.5) is 17.6 Å². The highest BCUT2D eigenvalue weighted by Gasteiger charge is 2.34.